The Bertz CT molecular complexity index is 433. The van der Waals surface area contributed by atoms with Crippen LogP contribution in [0.5, 0.6) is 5.75 Å². The molecule has 0 aliphatic heterocycles. The third-order valence-corrected chi connectivity index (χ3v) is 3.03. The van der Waals surface area contributed by atoms with Crippen LogP contribution in [0.15, 0.2) is 12.1 Å². The van der Waals surface area contributed by atoms with E-state index in [0.29, 0.717) is 6.61 Å². The van der Waals surface area contributed by atoms with Crippen molar-refractivity contribution in [3.8, 4) is 5.75 Å². The molecule has 94 valence electrons. The molecular weight excluding hydrogens is 216 g/mol. The number of ether oxygens (including phenoxy) is 1. The highest BCUT2D eigenvalue weighted by atomic mass is 16.5. The Hall–Kier alpha value is -1.51. The first kappa shape index (κ1) is 13.6. The number of carbonyl (C=O) groups is 1. The molecule has 0 aliphatic rings. The lowest BCUT2D eigenvalue weighted by atomic mass is 9.81. The lowest BCUT2D eigenvalue weighted by molar-refractivity contribution is -0.142. The SMILES string of the molecule is CCOc1cc(C)c(C(C)(C)C(=O)O)cc1C. The Morgan fingerprint density at radius 3 is 2.35 bits per heavy atom. The van der Waals surface area contributed by atoms with Crippen molar-refractivity contribution in [3.05, 3.63) is 28.8 Å². The summed E-state index contributed by atoms with van der Waals surface area (Å²) in [7, 11) is 0. The van der Waals surface area contributed by atoms with Crippen molar-refractivity contribution in [1.82, 2.24) is 0 Å². The first-order valence-electron chi connectivity index (χ1n) is 5.78. The molecule has 0 fully saturated rings. The fraction of sp³-hybridized carbons (Fsp3) is 0.500. The first-order chi connectivity index (χ1) is 7.80. The second-order valence-corrected chi connectivity index (χ2v) is 4.80. The van der Waals surface area contributed by atoms with E-state index in [2.05, 4.69) is 0 Å². The third kappa shape index (κ3) is 2.60. The molecule has 0 spiro atoms. The monoisotopic (exact) mass is 236 g/mol. The smallest absolute Gasteiger partial charge is 0.313 e. The fourth-order valence-corrected chi connectivity index (χ4v) is 1.89. The van der Waals surface area contributed by atoms with Gasteiger partial charge in [0, 0.05) is 0 Å². The Labute approximate surface area is 102 Å². The van der Waals surface area contributed by atoms with Crippen LogP contribution in [0.1, 0.15) is 37.5 Å². The predicted octanol–water partition coefficient (Wildman–Crippen LogP) is 3.06. The largest absolute Gasteiger partial charge is 0.494 e. The van der Waals surface area contributed by atoms with Gasteiger partial charge >= 0.3 is 5.97 Å². The summed E-state index contributed by atoms with van der Waals surface area (Å²) in [5.74, 6) is 0.0131. The molecule has 0 bridgehead atoms. The van der Waals surface area contributed by atoms with E-state index in [9.17, 15) is 9.90 Å². The first-order valence-corrected chi connectivity index (χ1v) is 5.78. The number of aryl methyl sites for hydroxylation is 2. The van der Waals surface area contributed by atoms with Crippen LogP contribution in [-0.2, 0) is 10.2 Å². The molecule has 17 heavy (non-hydrogen) atoms. The van der Waals surface area contributed by atoms with Crippen molar-refractivity contribution in [2.75, 3.05) is 6.61 Å². The van der Waals surface area contributed by atoms with Crippen LogP contribution in [0.4, 0.5) is 0 Å². The van der Waals surface area contributed by atoms with Crippen LogP contribution < -0.4 is 4.74 Å². The molecular formula is C14H20O3. The number of hydrogen-bond acceptors (Lipinski definition) is 2. The van der Waals surface area contributed by atoms with E-state index in [4.69, 9.17) is 4.74 Å². The number of rotatable bonds is 4. The average molecular weight is 236 g/mol. The van der Waals surface area contributed by atoms with Crippen molar-refractivity contribution in [2.24, 2.45) is 0 Å². The zero-order valence-corrected chi connectivity index (χ0v) is 11.1. The molecule has 0 atom stereocenters. The third-order valence-electron chi connectivity index (χ3n) is 3.03. The molecule has 0 radical (unpaired) electrons. The number of hydrogen-bond donors (Lipinski definition) is 1. The normalized spacial score (nSPS) is 11.4. The minimum absolute atomic E-state index is 0.613. The van der Waals surface area contributed by atoms with Crippen molar-refractivity contribution >= 4 is 5.97 Å². The summed E-state index contributed by atoms with van der Waals surface area (Å²) in [5, 5.41) is 9.25. The molecule has 3 nitrogen and oxygen atoms in total. The van der Waals surface area contributed by atoms with Gasteiger partial charge in [-0.1, -0.05) is 6.07 Å². The van der Waals surface area contributed by atoms with Crippen LogP contribution in [0.3, 0.4) is 0 Å². The van der Waals surface area contributed by atoms with Gasteiger partial charge in [-0.05, 0) is 57.4 Å². The molecule has 0 aromatic heterocycles. The minimum atomic E-state index is -0.875. The van der Waals surface area contributed by atoms with Gasteiger partial charge < -0.3 is 9.84 Å². The summed E-state index contributed by atoms with van der Waals surface area (Å²) in [6.45, 7) is 9.84. The maximum atomic E-state index is 11.3. The van der Waals surface area contributed by atoms with E-state index >= 15 is 0 Å². The maximum absolute atomic E-state index is 11.3. The lowest BCUT2D eigenvalue weighted by Crippen LogP contribution is -2.29. The molecule has 0 aliphatic carbocycles. The average Bonchev–Trinajstić information content (AvgIpc) is 2.22. The summed E-state index contributed by atoms with van der Waals surface area (Å²) < 4.78 is 5.50. The summed E-state index contributed by atoms with van der Waals surface area (Å²) in [6, 6.07) is 3.83. The summed E-state index contributed by atoms with van der Waals surface area (Å²) in [5.41, 5.74) is 1.89. The molecule has 3 heteroatoms. The van der Waals surface area contributed by atoms with Gasteiger partial charge in [-0.2, -0.15) is 0 Å². The quantitative estimate of drug-likeness (QED) is 0.874. The second kappa shape index (κ2) is 4.78. The van der Waals surface area contributed by atoms with Gasteiger partial charge in [-0.3, -0.25) is 4.79 Å². The zero-order chi connectivity index (χ0) is 13.2. The van der Waals surface area contributed by atoms with Crippen LogP contribution in [-0.4, -0.2) is 17.7 Å². The van der Waals surface area contributed by atoms with E-state index in [0.717, 1.165) is 22.4 Å². The van der Waals surface area contributed by atoms with Gasteiger partial charge in [0.15, 0.2) is 0 Å². The summed E-state index contributed by atoms with van der Waals surface area (Å²) >= 11 is 0. The van der Waals surface area contributed by atoms with Gasteiger partial charge in [0.2, 0.25) is 0 Å². The highest BCUT2D eigenvalue weighted by molar-refractivity contribution is 5.81. The molecule has 1 rings (SSSR count). The van der Waals surface area contributed by atoms with E-state index in [-0.39, 0.29) is 0 Å². The molecule has 0 amide bonds. The molecule has 1 aromatic rings. The van der Waals surface area contributed by atoms with Crippen molar-refractivity contribution < 1.29 is 14.6 Å². The van der Waals surface area contributed by atoms with E-state index in [1.54, 1.807) is 13.8 Å². The van der Waals surface area contributed by atoms with Crippen LogP contribution in [0.25, 0.3) is 0 Å². The minimum Gasteiger partial charge on any atom is -0.494 e. The van der Waals surface area contributed by atoms with Gasteiger partial charge in [0.25, 0.3) is 0 Å². The Kier molecular flexibility index (Phi) is 3.81. The summed E-state index contributed by atoms with van der Waals surface area (Å²) in [4.78, 5) is 11.3. The molecule has 0 unspecified atom stereocenters. The topological polar surface area (TPSA) is 46.5 Å². The Balaban J connectivity index is 3.29. The predicted molar refractivity (Wildman–Crippen MR) is 67.7 cm³/mol. The number of aliphatic carboxylic acids is 1. The van der Waals surface area contributed by atoms with Crippen molar-refractivity contribution in [3.63, 3.8) is 0 Å². The Morgan fingerprint density at radius 1 is 1.29 bits per heavy atom. The number of carboxylic acids is 1. The fourth-order valence-electron chi connectivity index (χ4n) is 1.89. The maximum Gasteiger partial charge on any atom is 0.313 e. The molecule has 1 aromatic carbocycles. The van der Waals surface area contributed by atoms with Crippen LogP contribution in [0, 0.1) is 13.8 Å². The number of benzene rings is 1. The molecule has 1 N–H and O–H groups in total. The molecule has 0 heterocycles. The standard InChI is InChI=1S/C14H20O3/c1-6-17-12-8-9(2)11(7-10(12)3)14(4,5)13(15)16/h7-8H,6H2,1-5H3,(H,15,16). The highest BCUT2D eigenvalue weighted by Crippen LogP contribution is 2.31. The molecule has 0 saturated carbocycles. The lowest BCUT2D eigenvalue weighted by Gasteiger charge is -2.23. The zero-order valence-electron chi connectivity index (χ0n) is 11.1. The van der Waals surface area contributed by atoms with Gasteiger partial charge in [-0.15, -0.1) is 0 Å². The van der Waals surface area contributed by atoms with Gasteiger partial charge in [0.05, 0.1) is 12.0 Å². The van der Waals surface area contributed by atoms with Gasteiger partial charge in [-0.25, -0.2) is 0 Å². The molecule has 0 saturated heterocycles. The van der Waals surface area contributed by atoms with E-state index < -0.39 is 11.4 Å². The summed E-state index contributed by atoms with van der Waals surface area (Å²) in [6.07, 6.45) is 0. The van der Waals surface area contributed by atoms with Crippen LogP contribution in [0.2, 0.25) is 0 Å². The van der Waals surface area contributed by atoms with Crippen molar-refractivity contribution in [2.45, 2.75) is 40.0 Å². The van der Waals surface area contributed by atoms with Gasteiger partial charge in [0.1, 0.15) is 5.75 Å². The Morgan fingerprint density at radius 2 is 1.88 bits per heavy atom. The second-order valence-electron chi connectivity index (χ2n) is 4.80. The highest BCUT2D eigenvalue weighted by Gasteiger charge is 2.31. The van der Waals surface area contributed by atoms with E-state index in [1.165, 1.54) is 0 Å². The van der Waals surface area contributed by atoms with Crippen molar-refractivity contribution in [1.29, 1.82) is 0 Å². The van der Waals surface area contributed by atoms with Crippen LogP contribution >= 0.6 is 0 Å². The van der Waals surface area contributed by atoms with E-state index in [1.807, 2.05) is 32.9 Å². The number of carboxylic acid groups (broad SMARTS) is 1.